The summed E-state index contributed by atoms with van der Waals surface area (Å²) in [5, 5.41) is -0.395. The van der Waals surface area contributed by atoms with Crippen molar-refractivity contribution in [1.82, 2.24) is 0 Å². The molecule has 1 aromatic rings. The van der Waals surface area contributed by atoms with Gasteiger partial charge >= 0.3 is 0 Å². The van der Waals surface area contributed by atoms with Crippen LogP contribution in [-0.4, -0.2) is 33.1 Å². The van der Waals surface area contributed by atoms with Crippen LogP contribution in [0.2, 0.25) is 0 Å². The average molecular weight is 287 g/mol. The highest BCUT2D eigenvalue weighted by Gasteiger charge is 2.16. The Hall–Kier alpha value is -1.27. The Labute approximate surface area is 114 Å². The minimum Gasteiger partial charge on any atom is -0.493 e. The summed E-state index contributed by atoms with van der Waals surface area (Å²) in [7, 11) is -1.56. The number of methoxy groups -OCH3 is 1. The molecule has 5 nitrogen and oxygen atoms in total. The van der Waals surface area contributed by atoms with Gasteiger partial charge in [0, 0.05) is 6.54 Å². The molecule has 0 saturated carbocycles. The molecule has 0 aromatic heterocycles. The van der Waals surface area contributed by atoms with Crippen molar-refractivity contribution in [3.8, 4) is 11.5 Å². The maximum atomic E-state index is 11.7. The van der Waals surface area contributed by atoms with Gasteiger partial charge < -0.3 is 15.2 Å². The highest BCUT2D eigenvalue weighted by atomic mass is 32.2. The Balaban J connectivity index is 2.72. The first kappa shape index (κ1) is 15.8. The zero-order valence-electron chi connectivity index (χ0n) is 11.5. The van der Waals surface area contributed by atoms with E-state index in [2.05, 4.69) is 0 Å². The zero-order valence-corrected chi connectivity index (χ0v) is 12.4. The lowest BCUT2D eigenvalue weighted by atomic mass is 10.2. The summed E-state index contributed by atoms with van der Waals surface area (Å²) < 4.78 is 34.0. The Kier molecular flexibility index (Phi) is 5.62. The number of sulfone groups is 1. The van der Waals surface area contributed by atoms with Crippen molar-refractivity contribution in [3.05, 3.63) is 23.8 Å². The molecule has 0 aliphatic rings. The first-order chi connectivity index (χ1) is 8.90. The van der Waals surface area contributed by atoms with E-state index in [9.17, 15) is 8.42 Å². The minimum atomic E-state index is -3.09. The van der Waals surface area contributed by atoms with Gasteiger partial charge in [-0.3, -0.25) is 0 Å². The van der Waals surface area contributed by atoms with Crippen molar-refractivity contribution in [2.75, 3.05) is 19.5 Å². The Morgan fingerprint density at radius 1 is 1.26 bits per heavy atom. The summed E-state index contributed by atoms with van der Waals surface area (Å²) in [5.74, 6) is 1.07. The SMILES string of the molecule is COc1ccc(CN)cc1OCCS(=O)(=O)C(C)C. The predicted molar refractivity (Wildman–Crippen MR) is 75.3 cm³/mol. The standard InChI is InChI=1S/C13H21NO4S/c1-10(2)19(15,16)7-6-18-13-8-11(9-14)4-5-12(13)17-3/h4-5,8,10H,6-7,9,14H2,1-3H3. The van der Waals surface area contributed by atoms with Gasteiger partial charge in [0.15, 0.2) is 21.3 Å². The van der Waals surface area contributed by atoms with E-state index < -0.39 is 15.1 Å². The second kappa shape index (κ2) is 6.77. The van der Waals surface area contributed by atoms with Crippen molar-refractivity contribution < 1.29 is 17.9 Å². The fourth-order valence-corrected chi connectivity index (χ4v) is 2.25. The van der Waals surface area contributed by atoms with Gasteiger partial charge in [-0.15, -0.1) is 0 Å². The fraction of sp³-hybridized carbons (Fsp3) is 0.538. The molecule has 1 aromatic carbocycles. The summed E-state index contributed by atoms with van der Waals surface area (Å²) in [6.45, 7) is 3.81. The van der Waals surface area contributed by atoms with Crippen molar-refractivity contribution in [3.63, 3.8) is 0 Å². The molecule has 108 valence electrons. The first-order valence-corrected chi connectivity index (χ1v) is 7.83. The monoisotopic (exact) mass is 287 g/mol. The Morgan fingerprint density at radius 2 is 1.95 bits per heavy atom. The van der Waals surface area contributed by atoms with Crippen LogP contribution in [0.4, 0.5) is 0 Å². The predicted octanol–water partition coefficient (Wildman–Crippen LogP) is 1.36. The van der Waals surface area contributed by atoms with Crippen molar-refractivity contribution in [2.24, 2.45) is 5.73 Å². The van der Waals surface area contributed by atoms with Crippen molar-refractivity contribution >= 4 is 9.84 Å². The highest BCUT2D eigenvalue weighted by molar-refractivity contribution is 7.91. The van der Waals surface area contributed by atoms with Gasteiger partial charge in [0.05, 0.1) is 18.1 Å². The molecule has 0 unspecified atom stereocenters. The number of nitrogens with two attached hydrogens (primary N) is 1. The second-order valence-corrected chi connectivity index (χ2v) is 7.13. The van der Waals surface area contributed by atoms with Crippen LogP contribution in [0.25, 0.3) is 0 Å². The molecule has 0 aliphatic heterocycles. The molecular weight excluding hydrogens is 266 g/mol. The van der Waals surface area contributed by atoms with E-state index in [1.807, 2.05) is 6.07 Å². The molecule has 19 heavy (non-hydrogen) atoms. The minimum absolute atomic E-state index is 0.0132. The van der Waals surface area contributed by atoms with E-state index in [0.29, 0.717) is 18.0 Å². The molecule has 2 N–H and O–H groups in total. The number of hydrogen-bond donors (Lipinski definition) is 1. The topological polar surface area (TPSA) is 78.6 Å². The van der Waals surface area contributed by atoms with Crippen LogP contribution in [0.1, 0.15) is 19.4 Å². The van der Waals surface area contributed by atoms with E-state index in [1.54, 1.807) is 26.0 Å². The summed E-state index contributed by atoms with van der Waals surface area (Å²) in [5.41, 5.74) is 6.46. The van der Waals surface area contributed by atoms with Gasteiger partial charge in [0.25, 0.3) is 0 Å². The van der Waals surface area contributed by atoms with Crippen LogP contribution in [0.5, 0.6) is 11.5 Å². The lowest BCUT2D eigenvalue weighted by Gasteiger charge is -2.13. The summed E-state index contributed by atoms with van der Waals surface area (Å²) >= 11 is 0. The zero-order chi connectivity index (χ0) is 14.5. The maximum absolute atomic E-state index is 11.7. The molecule has 0 fully saturated rings. The molecule has 0 heterocycles. The first-order valence-electron chi connectivity index (χ1n) is 6.12. The van der Waals surface area contributed by atoms with Crippen LogP contribution >= 0.6 is 0 Å². The molecule has 0 bridgehead atoms. The molecule has 6 heteroatoms. The average Bonchev–Trinajstić information content (AvgIpc) is 2.38. The van der Waals surface area contributed by atoms with Crippen molar-refractivity contribution in [1.29, 1.82) is 0 Å². The normalized spacial score (nSPS) is 11.6. The number of benzene rings is 1. The quantitative estimate of drug-likeness (QED) is 0.819. The molecule has 0 radical (unpaired) electrons. The summed E-state index contributed by atoms with van der Waals surface area (Å²) in [4.78, 5) is 0. The van der Waals surface area contributed by atoms with Crippen molar-refractivity contribution in [2.45, 2.75) is 25.6 Å². The van der Waals surface area contributed by atoms with Crippen LogP contribution < -0.4 is 15.2 Å². The Morgan fingerprint density at radius 3 is 2.47 bits per heavy atom. The third kappa shape index (κ3) is 4.40. The van der Waals surface area contributed by atoms with E-state index in [4.69, 9.17) is 15.2 Å². The lowest BCUT2D eigenvalue weighted by molar-refractivity contribution is 0.311. The van der Waals surface area contributed by atoms with E-state index in [-0.39, 0.29) is 12.4 Å². The molecule has 1 rings (SSSR count). The third-order valence-corrected chi connectivity index (χ3v) is 4.98. The van der Waals surface area contributed by atoms with E-state index >= 15 is 0 Å². The van der Waals surface area contributed by atoms with E-state index in [0.717, 1.165) is 5.56 Å². The summed E-state index contributed by atoms with van der Waals surface area (Å²) in [6.07, 6.45) is 0. The molecule has 0 saturated heterocycles. The van der Waals surface area contributed by atoms with Crippen LogP contribution in [0.3, 0.4) is 0 Å². The maximum Gasteiger partial charge on any atom is 0.161 e. The van der Waals surface area contributed by atoms with Crippen LogP contribution in [-0.2, 0) is 16.4 Å². The van der Waals surface area contributed by atoms with E-state index in [1.165, 1.54) is 7.11 Å². The second-order valence-electron chi connectivity index (χ2n) is 4.45. The molecule has 0 aliphatic carbocycles. The molecule has 0 atom stereocenters. The van der Waals surface area contributed by atoms with Crippen LogP contribution in [0, 0.1) is 0 Å². The van der Waals surface area contributed by atoms with Gasteiger partial charge in [-0.2, -0.15) is 0 Å². The Bertz CT molecular complexity index is 511. The van der Waals surface area contributed by atoms with Gasteiger partial charge in [-0.25, -0.2) is 8.42 Å². The van der Waals surface area contributed by atoms with Gasteiger partial charge in [0.1, 0.15) is 6.61 Å². The number of rotatable bonds is 7. The molecular formula is C13H21NO4S. The van der Waals surface area contributed by atoms with Crippen LogP contribution in [0.15, 0.2) is 18.2 Å². The fourth-order valence-electron chi connectivity index (χ4n) is 1.46. The third-order valence-electron chi connectivity index (χ3n) is 2.81. The molecule has 0 amide bonds. The highest BCUT2D eigenvalue weighted by Crippen LogP contribution is 2.27. The smallest absolute Gasteiger partial charge is 0.161 e. The van der Waals surface area contributed by atoms with Gasteiger partial charge in [-0.1, -0.05) is 6.07 Å². The number of ether oxygens (including phenoxy) is 2. The molecule has 0 spiro atoms. The lowest BCUT2D eigenvalue weighted by Crippen LogP contribution is -2.22. The van der Waals surface area contributed by atoms with Gasteiger partial charge in [0.2, 0.25) is 0 Å². The largest absolute Gasteiger partial charge is 0.493 e. The van der Waals surface area contributed by atoms with Gasteiger partial charge in [-0.05, 0) is 31.5 Å². The number of hydrogen-bond acceptors (Lipinski definition) is 5. The summed E-state index contributed by atoms with van der Waals surface area (Å²) in [6, 6.07) is 5.37.